The van der Waals surface area contributed by atoms with Crippen molar-refractivity contribution >= 4 is 6.03 Å². The Kier molecular flexibility index (Phi) is 10.6. The third-order valence-corrected chi connectivity index (χ3v) is 5.93. The largest absolute Gasteiger partial charge is 0.372 e. The molecule has 0 radical (unpaired) electrons. The molecule has 2 aliphatic rings. The van der Waals surface area contributed by atoms with Crippen molar-refractivity contribution < 1.29 is 4.79 Å². The van der Waals surface area contributed by atoms with Crippen LogP contribution < -0.4 is 5.43 Å². The van der Waals surface area contributed by atoms with E-state index in [-0.39, 0.29) is 12.2 Å². The first-order chi connectivity index (χ1) is 15.0. The molecule has 2 fully saturated rings. The van der Waals surface area contributed by atoms with Gasteiger partial charge in [0.2, 0.25) is 0 Å². The van der Waals surface area contributed by atoms with Crippen LogP contribution in [0.1, 0.15) is 46.5 Å². The van der Waals surface area contributed by atoms with Gasteiger partial charge in [0, 0.05) is 51.0 Å². The van der Waals surface area contributed by atoms with Crippen LogP contribution in [-0.4, -0.2) is 71.2 Å². The van der Waals surface area contributed by atoms with Crippen LogP contribution in [-0.2, 0) is 0 Å². The smallest absolute Gasteiger partial charge is 0.340 e. The summed E-state index contributed by atoms with van der Waals surface area (Å²) in [5, 5.41) is 1.71. The Labute approximate surface area is 189 Å². The van der Waals surface area contributed by atoms with Gasteiger partial charge in [-0.2, -0.15) is 0 Å². The highest BCUT2D eigenvalue weighted by atomic mass is 16.2. The van der Waals surface area contributed by atoms with Crippen LogP contribution in [0.4, 0.5) is 4.79 Å². The summed E-state index contributed by atoms with van der Waals surface area (Å²) in [5.41, 5.74) is 5.82. The van der Waals surface area contributed by atoms with Gasteiger partial charge in [0.05, 0.1) is 0 Å². The van der Waals surface area contributed by atoms with Crippen molar-refractivity contribution in [3.05, 3.63) is 61.0 Å². The van der Waals surface area contributed by atoms with Crippen LogP contribution in [0, 0.1) is 0 Å². The van der Waals surface area contributed by atoms with E-state index in [0.717, 1.165) is 58.4 Å². The molecule has 6 nitrogen and oxygen atoms in total. The summed E-state index contributed by atoms with van der Waals surface area (Å²) in [5.74, 6) is 0. The van der Waals surface area contributed by atoms with Crippen molar-refractivity contribution in [2.45, 2.75) is 52.6 Å². The number of piperazine rings is 1. The number of unbranched alkanes of at least 4 members (excludes halogenated alkanes) is 1. The van der Waals surface area contributed by atoms with E-state index in [2.05, 4.69) is 60.5 Å². The Morgan fingerprint density at radius 2 is 1.90 bits per heavy atom. The van der Waals surface area contributed by atoms with E-state index in [9.17, 15) is 4.79 Å². The first-order valence-corrected chi connectivity index (χ1v) is 11.6. The Morgan fingerprint density at radius 3 is 2.55 bits per heavy atom. The molecule has 0 saturated carbocycles. The lowest BCUT2D eigenvalue weighted by molar-refractivity contribution is 0.152. The molecule has 2 rings (SSSR count). The fraction of sp³-hybridized carbons (Fsp3) is 0.560. The first kappa shape index (κ1) is 25.0. The van der Waals surface area contributed by atoms with E-state index in [0.29, 0.717) is 6.54 Å². The van der Waals surface area contributed by atoms with Gasteiger partial charge in [-0.05, 0) is 39.7 Å². The van der Waals surface area contributed by atoms with Gasteiger partial charge in [-0.25, -0.2) is 10.2 Å². The van der Waals surface area contributed by atoms with Gasteiger partial charge in [0.15, 0.2) is 0 Å². The van der Waals surface area contributed by atoms with Crippen molar-refractivity contribution in [1.29, 1.82) is 0 Å². The third-order valence-electron chi connectivity index (χ3n) is 5.93. The number of amides is 2. The molecular weight excluding hydrogens is 386 g/mol. The van der Waals surface area contributed by atoms with Crippen LogP contribution in [0.2, 0.25) is 0 Å². The monoisotopic (exact) mass is 427 g/mol. The Bertz CT molecular complexity index is 688. The van der Waals surface area contributed by atoms with E-state index < -0.39 is 0 Å². The van der Waals surface area contributed by atoms with Crippen LogP contribution >= 0.6 is 0 Å². The predicted molar refractivity (Wildman–Crippen MR) is 130 cm³/mol. The van der Waals surface area contributed by atoms with Crippen molar-refractivity contribution in [2.24, 2.45) is 0 Å². The highest BCUT2D eigenvalue weighted by Gasteiger charge is 2.33. The quantitative estimate of drug-likeness (QED) is 0.283. The molecule has 0 bridgehead atoms. The SMILES string of the molecule is C=C[C@@H]1NN(CCCCN2CCN(C(=C)C/C=C/C=C(\C)CC)CC2)C(=O)N1/C=C\C. The highest BCUT2D eigenvalue weighted by molar-refractivity contribution is 5.77. The number of nitrogens with zero attached hydrogens (tertiary/aromatic N) is 4. The number of carbonyl (C=O) groups excluding carboxylic acids is 1. The lowest BCUT2D eigenvalue weighted by atomic mass is 10.2. The summed E-state index contributed by atoms with van der Waals surface area (Å²) in [7, 11) is 0. The van der Waals surface area contributed by atoms with E-state index >= 15 is 0 Å². The Morgan fingerprint density at radius 1 is 1.19 bits per heavy atom. The minimum atomic E-state index is -0.161. The molecule has 0 aromatic heterocycles. The highest BCUT2D eigenvalue weighted by Crippen LogP contribution is 2.15. The molecule has 2 aliphatic heterocycles. The van der Waals surface area contributed by atoms with Gasteiger partial charge in [-0.15, -0.1) is 0 Å². The van der Waals surface area contributed by atoms with E-state index in [1.165, 1.54) is 11.3 Å². The summed E-state index contributed by atoms with van der Waals surface area (Å²) >= 11 is 0. The zero-order chi connectivity index (χ0) is 22.6. The molecule has 0 unspecified atom stereocenters. The molecular formula is C25H41N5O. The van der Waals surface area contributed by atoms with E-state index in [1.54, 1.807) is 22.2 Å². The molecule has 6 heteroatoms. The predicted octanol–water partition coefficient (Wildman–Crippen LogP) is 4.49. The molecule has 31 heavy (non-hydrogen) atoms. The number of carbonyl (C=O) groups is 1. The van der Waals surface area contributed by atoms with Crippen molar-refractivity contribution in [3.63, 3.8) is 0 Å². The summed E-state index contributed by atoms with van der Waals surface area (Å²) in [4.78, 5) is 19.1. The normalized spacial score (nSPS) is 21.1. The van der Waals surface area contributed by atoms with Gasteiger partial charge in [0.25, 0.3) is 0 Å². The molecule has 2 saturated heterocycles. The summed E-state index contributed by atoms with van der Waals surface area (Å²) in [6.45, 7) is 20.4. The maximum Gasteiger partial charge on any atom is 0.340 e. The molecule has 1 atom stereocenters. The number of hydrazine groups is 1. The van der Waals surface area contributed by atoms with Crippen LogP contribution in [0.5, 0.6) is 0 Å². The number of hydrogen-bond donors (Lipinski definition) is 1. The fourth-order valence-electron chi connectivity index (χ4n) is 3.76. The fourth-order valence-corrected chi connectivity index (χ4v) is 3.76. The third kappa shape index (κ3) is 7.71. The average molecular weight is 428 g/mol. The van der Waals surface area contributed by atoms with Gasteiger partial charge >= 0.3 is 6.03 Å². The number of rotatable bonds is 12. The second-order valence-corrected chi connectivity index (χ2v) is 8.23. The molecule has 172 valence electrons. The number of allylic oxidation sites excluding steroid dienone is 5. The zero-order valence-corrected chi connectivity index (χ0v) is 19.7. The topological polar surface area (TPSA) is 42.1 Å². The Hall–Kier alpha value is -2.31. The van der Waals surface area contributed by atoms with E-state index in [4.69, 9.17) is 0 Å². The van der Waals surface area contributed by atoms with Crippen LogP contribution in [0.15, 0.2) is 61.0 Å². The summed E-state index contributed by atoms with van der Waals surface area (Å²) < 4.78 is 0. The summed E-state index contributed by atoms with van der Waals surface area (Å²) in [6, 6.07) is -0.00970. The molecule has 0 spiro atoms. The lowest BCUT2D eigenvalue weighted by Gasteiger charge is -2.37. The number of urea groups is 1. The van der Waals surface area contributed by atoms with Gasteiger partial charge in [-0.1, -0.05) is 56.0 Å². The lowest BCUT2D eigenvalue weighted by Crippen LogP contribution is -2.46. The van der Waals surface area contributed by atoms with Gasteiger partial charge in [-0.3, -0.25) is 14.8 Å². The number of nitrogens with one attached hydrogen (secondary N) is 1. The van der Waals surface area contributed by atoms with Gasteiger partial charge in [0.1, 0.15) is 6.17 Å². The van der Waals surface area contributed by atoms with Crippen molar-refractivity contribution in [3.8, 4) is 0 Å². The molecule has 0 aliphatic carbocycles. The molecule has 0 aromatic rings. The van der Waals surface area contributed by atoms with Crippen LogP contribution in [0.3, 0.4) is 0 Å². The van der Waals surface area contributed by atoms with Crippen molar-refractivity contribution in [2.75, 3.05) is 39.3 Å². The maximum absolute atomic E-state index is 12.5. The number of hydrogen-bond acceptors (Lipinski definition) is 4. The molecule has 2 heterocycles. The van der Waals surface area contributed by atoms with Crippen LogP contribution in [0.25, 0.3) is 0 Å². The maximum atomic E-state index is 12.5. The minimum absolute atomic E-state index is 0.00970. The second kappa shape index (κ2) is 13.2. The molecule has 2 amide bonds. The second-order valence-electron chi connectivity index (χ2n) is 8.23. The Balaban J connectivity index is 1.63. The summed E-state index contributed by atoms with van der Waals surface area (Å²) in [6.07, 6.45) is 15.9. The first-order valence-electron chi connectivity index (χ1n) is 11.6. The minimum Gasteiger partial charge on any atom is -0.372 e. The van der Waals surface area contributed by atoms with E-state index in [1.807, 2.05) is 13.0 Å². The molecule has 0 aromatic carbocycles. The molecule has 1 N–H and O–H groups in total. The van der Waals surface area contributed by atoms with Crippen molar-refractivity contribution in [1.82, 2.24) is 25.1 Å². The average Bonchev–Trinajstić information content (AvgIpc) is 3.09. The standard InChI is InChI=1S/C25H41N5O/c1-6-15-29-24(8-3)26-30(25(29)31)17-12-11-16-27-18-20-28(21-19-27)23(5)14-10-9-13-22(4)7-2/h6,8-10,13,15,24,26H,3,5,7,11-12,14,16-21H2,1-2,4H3/b10-9+,15-6-,22-13+/t24-/m1/s1. The van der Waals surface area contributed by atoms with Gasteiger partial charge < -0.3 is 4.90 Å². The zero-order valence-electron chi connectivity index (χ0n) is 19.7.